The molecule has 2 aromatic rings. The van der Waals surface area contributed by atoms with Crippen molar-refractivity contribution in [1.82, 2.24) is 9.55 Å². The minimum Gasteiger partial charge on any atom is -0.331 e. The van der Waals surface area contributed by atoms with Crippen LogP contribution in [0.2, 0.25) is 10.0 Å². The molecule has 18 heavy (non-hydrogen) atoms. The first-order chi connectivity index (χ1) is 8.54. The van der Waals surface area contributed by atoms with Crippen molar-refractivity contribution in [3.05, 3.63) is 26.9 Å². The zero-order valence-corrected chi connectivity index (χ0v) is 13.3. The minimum absolute atomic E-state index is 0.327. The van der Waals surface area contributed by atoms with Gasteiger partial charge in [0.1, 0.15) is 0 Å². The SMILES string of the molecule is CCSCC(C)n1c(=S)[nH]c2cc(Cl)c(Cl)cc21. The molecule has 98 valence electrons. The van der Waals surface area contributed by atoms with Gasteiger partial charge in [0.05, 0.1) is 21.1 Å². The highest BCUT2D eigenvalue weighted by molar-refractivity contribution is 7.99. The van der Waals surface area contributed by atoms with Crippen LogP contribution in [-0.4, -0.2) is 21.1 Å². The highest BCUT2D eigenvalue weighted by Gasteiger charge is 2.12. The van der Waals surface area contributed by atoms with Crippen molar-refractivity contribution >= 4 is 58.2 Å². The number of nitrogens with one attached hydrogen (secondary N) is 1. The predicted molar refractivity (Wildman–Crippen MR) is 84.9 cm³/mol. The van der Waals surface area contributed by atoms with Crippen molar-refractivity contribution in [3.63, 3.8) is 0 Å². The zero-order chi connectivity index (χ0) is 13.3. The molecule has 0 fully saturated rings. The van der Waals surface area contributed by atoms with Crippen molar-refractivity contribution in [2.75, 3.05) is 11.5 Å². The molecule has 2 rings (SSSR count). The first-order valence-corrected chi connectivity index (χ1v) is 8.03. The highest BCUT2D eigenvalue weighted by atomic mass is 35.5. The number of fused-ring (bicyclic) bond motifs is 1. The number of benzene rings is 1. The number of aromatic nitrogens is 2. The molecule has 0 aliphatic rings. The molecular weight excluding hydrogens is 307 g/mol. The van der Waals surface area contributed by atoms with Gasteiger partial charge in [-0.1, -0.05) is 30.1 Å². The number of thioether (sulfide) groups is 1. The maximum atomic E-state index is 6.08. The van der Waals surface area contributed by atoms with Crippen molar-refractivity contribution in [3.8, 4) is 0 Å². The Kier molecular flexibility index (Phi) is 4.64. The molecule has 6 heteroatoms. The van der Waals surface area contributed by atoms with Gasteiger partial charge in [0.15, 0.2) is 4.77 Å². The molecule has 1 unspecified atom stereocenters. The first-order valence-electron chi connectivity index (χ1n) is 5.71. The molecule has 0 saturated carbocycles. The summed E-state index contributed by atoms with van der Waals surface area (Å²) in [5.41, 5.74) is 1.95. The summed E-state index contributed by atoms with van der Waals surface area (Å²) in [7, 11) is 0. The van der Waals surface area contributed by atoms with Crippen LogP contribution in [0.15, 0.2) is 12.1 Å². The fourth-order valence-corrected chi connectivity index (χ4v) is 3.36. The number of aromatic amines is 1. The van der Waals surface area contributed by atoms with Crippen LogP contribution in [0, 0.1) is 4.77 Å². The molecule has 0 spiro atoms. The Morgan fingerprint density at radius 3 is 2.72 bits per heavy atom. The van der Waals surface area contributed by atoms with E-state index < -0.39 is 0 Å². The Balaban J connectivity index is 2.53. The van der Waals surface area contributed by atoms with E-state index in [2.05, 4.69) is 23.4 Å². The van der Waals surface area contributed by atoms with Gasteiger partial charge < -0.3 is 9.55 Å². The number of hydrogen-bond donors (Lipinski definition) is 1. The van der Waals surface area contributed by atoms with Crippen molar-refractivity contribution in [2.24, 2.45) is 0 Å². The number of imidazole rings is 1. The zero-order valence-electron chi connectivity index (χ0n) is 10.2. The Bertz CT molecular complexity index is 618. The maximum absolute atomic E-state index is 6.08. The predicted octanol–water partition coefficient (Wildman–Crippen LogP) is 5.32. The second-order valence-corrected chi connectivity index (χ2v) is 6.61. The molecule has 0 radical (unpaired) electrons. The molecule has 0 aliphatic heterocycles. The molecule has 1 N–H and O–H groups in total. The van der Waals surface area contributed by atoms with Gasteiger partial charge in [0, 0.05) is 11.8 Å². The van der Waals surface area contributed by atoms with Crippen molar-refractivity contribution in [1.29, 1.82) is 0 Å². The van der Waals surface area contributed by atoms with E-state index in [1.54, 1.807) is 0 Å². The van der Waals surface area contributed by atoms with Crippen LogP contribution in [0.25, 0.3) is 11.0 Å². The van der Waals surface area contributed by atoms with E-state index in [4.69, 9.17) is 35.4 Å². The van der Waals surface area contributed by atoms with E-state index in [0.717, 1.165) is 22.5 Å². The average molecular weight is 321 g/mol. The van der Waals surface area contributed by atoms with Gasteiger partial charge in [-0.15, -0.1) is 0 Å². The number of H-pyrrole nitrogens is 1. The Hall–Kier alpha value is -0.160. The number of nitrogens with zero attached hydrogens (tertiary/aromatic N) is 1. The van der Waals surface area contributed by atoms with E-state index in [1.807, 2.05) is 23.9 Å². The van der Waals surface area contributed by atoms with Gasteiger partial charge in [-0.05, 0) is 37.0 Å². The molecule has 0 bridgehead atoms. The summed E-state index contributed by atoms with van der Waals surface area (Å²) in [6, 6.07) is 4.03. The van der Waals surface area contributed by atoms with Gasteiger partial charge in [-0.25, -0.2) is 0 Å². The first kappa shape index (κ1) is 14.3. The third-order valence-corrected chi connectivity index (χ3v) is 4.91. The second-order valence-electron chi connectivity index (χ2n) is 4.09. The summed E-state index contributed by atoms with van der Waals surface area (Å²) in [5.74, 6) is 2.13. The maximum Gasteiger partial charge on any atom is 0.178 e. The Morgan fingerprint density at radius 1 is 1.39 bits per heavy atom. The third-order valence-electron chi connectivity index (χ3n) is 2.76. The van der Waals surface area contributed by atoms with Gasteiger partial charge in [-0.2, -0.15) is 11.8 Å². The monoisotopic (exact) mass is 320 g/mol. The average Bonchev–Trinajstić information content (AvgIpc) is 2.62. The molecule has 1 aromatic heterocycles. The van der Waals surface area contributed by atoms with Crippen LogP contribution in [0.3, 0.4) is 0 Å². The largest absolute Gasteiger partial charge is 0.331 e. The molecular formula is C12H14Cl2N2S2. The molecule has 0 amide bonds. The van der Waals surface area contributed by atoms with Crippen LogP contribution in [0.1, 0.15) is 19.9 Å². The summed E-state index contributed by atoms with van der Waals surface area (Å²) < 4.78 is 2.82. The van der Waals surface area contributed by atoms with E-state index in [-0.39, 0.29) is 0 Å². The number of hydrogen-bond acceptors (Lipinski definition) is 2. The smallest absolute Gasteiger partial charge is 0.178 e. The lowest BCUT2D eigenvalue weighted by atomic mass is 10.3. The van der Waals surface area contributed by atoms with E-state index in [9.17, 15) is 0 Å². The van der Waals surface area contributed by atoms with Crippen LogP contribution < -0.4 is 0 Å². The van der Waals surface area contributed by atoms with Crippen LogP contribution in [0.4, 0.5) is 0 Å². The summed E-state index contributed by atoms with van der Waals surface area (Å²) in [6.07, 6.45) is 0. The van der Waals surface area contributed by atoms with E-state index in [1.165, 1.54) is 0 Å². The Morgan fingerprint density at radius 2 is 2.06 bits per heavy atom. The molecule has 0 saturated heterocycles. The lowest BCUT2D eigenvalue weighted by molar-refractivity contribution is 0.619. The highest BCUT2D eigenvalue weighted by Crippen LogP contribution is 2.29. The van der Waals surface area contributed by atoms with Gasteiger partial charge in [-0.3, -0.25) is 0 Å². The van der Waals surface area contributed by atoms with Crippen molar-refractivity contribution in [2.45, 2.75) is 19.9 Å². The normalized spacial score (nSPS) is 13.1. The summed E-state index contributed by atoms with van der Waals surface area (Å²) in [5, 5.41) is 1.10. The van der Waals surface area contributed by atoms with Crippen LogP contribution in [0.5, 0.6) is 0 Å². The summed E-state index contributed by atoms with van der Waals surface area (Å²) in [4.78, 5) is 3.18. The molecule has 0 aliphatic carbocycles. The molecule has 1 aromatic carbocycles. The fourth-order valence-electron chi connectivity index (χ4n) is 1.92. The number of rotatable bonds is 4. The fraction of sp³-hybridized carbons (Fsp3) is 0.417. The van der Waals surface area contributed by atoms with Gasteiger partial charge in [0.25, 0.3) is 0 Å². The standard InChI is InChI=1S/C12H14Cl2N2S2/c1-3-18-6-7(2)16-11-5-9(14)8(13)4-10(11)15-12(16)17/h4-5,7H,3,6H2,1-2H3,(H,15,17). The third kappa shape index (κ3) is 2.72. The topological polar surface area (TPSA) is 20.7 Å². The number of halogens is 2. The molecule has 1 heterocycles. The van der Waals surface area contributed by atoms with Crippen molar-refractivity contribution < 1.29 is 0 Å². The lowest BCUT2D eigenvalue weighted by Crippen LogP contribution is -2.07. The quantitative estimate of drug-likeness (QED) is 0.769. The molecule has 1 atom stereocenters. The Labute approximate surface area is 126 Å². The second kappa shape index (κ2) is 5.87. The summed E-state index contributed by atoms with van der Waals surface area (Å²) >= 11 is 19.4. The lowest BCUT2D eigenvalue weighted by Gasteiger charge is -2.14. The minimum atomic E-state index is 0.327. The van der Waals surface area contributed by atoms with Crippen LogP contribution in [-0.2, 0) is 0 Å². The van der Waals surface area contributed by atoms with Gasteiger partial charge in [0.2, 0.25) is 0 Å². The van der Waals surface area contributed by atoms with Gasteiger partial charge >= 0.3 is 0 Å². The molecule has 2 nitrogen and oxygen atoms in total. The van der Waals surface area contributed by atoms with E-state index in [0.29, 0.717) is 20.9 Å². The van der Waals surface area contributed by atoms with Crippen LogP contribution >= 0.6 is 47.2 Å². The van der Waals surface area contributed by atoms with E-state index >= 15 is 0 Å². The summed E-state index contributed by atoms with van der Waals surface area (Å²) in [6.45, 7) is 4.32.